The van der Waals surface area contributed by atoms with E-state index in [0.717, 1.165) is 22.5 Å². The van der Waals surface area contributed by atoms with Gasteiger partial charge in [-0.15, -0.1) is 0 Å². The van der Waals surface area contributed by atoms with Gasteiger partial charge in [-0.2, -0.15) is 0 Å². The standard InChI is InChI=1S/C40H26N4/c1-3-13-31(14-4-1)40(32-15-5-2-6-16-32)33-17-9-18-35-37(33)44(39(43-35)38-41-23-10-24-42-38)36-22-21-30(26-34(36)40)29-20-19-27-11-7-8-12-28(27)25-29/h1-26H. The van der Waals surface area contributed by atoms with Crippen LogP contribution < -0.4 is 0 Å². The van der Waals surface area contributed by atoms with Gasteiger partial charge in [0.15, 0.2) is 11.6 Å². The van der Waals surface area contributed by atoms with Crippen LogP contribution in [0.5, 0.6) is 0 Å². The van der Waals surface area contributed by atoms with Crippen LogP contribution in [-0.2, 0) is 5.41 Å². The lowest BCUT2D eigenvalue weighted by Crippen LogP contribution is -2.35. The van der Waals surface area contributed by atoms with Crippen molar-refractivity contribution < 1.29 is 0 Å². The first-order valence-corrected chi connectivity index (χ1v) is 14.9. The Morgan fingerprint density at radius 2 is 1.16 bits per heavy atom. The molecule has 2 aromatic heterocycles. The van der Waals surface area contributed by atoms with Crippen molar-refractivity contribution in [2.24, 2.45) is 0 Å². The van der Waals surface area contributed by atoms with Gasteiger partial charge in [0.1, 0.15) is 0 Å². The molecule has 0 spiro atoms. The number of rotatable bonds is 4. The predicted octanol–water partition coefficient (Wildman–Crippen LogP) is 9.00. The molecule has 0 unspecified atom stereocenters. The molecule has 0 amide bonds. The Balaban J connectivity index is 1.44. The molecule has 0 N–H and O–H groups in total. The van der Waals surface area contributed by atoms with Crippen molar-refractivity contribution in [2.45, 2.75) is 5.41 Å². The Bertz CT molecular complexity index is 2280. The Morgan fingerprint density at radius 1 is 0.500 bits per heavy atom. The highest BCUT2D eigenvalue weighted by molar-refractivity contribution is 5.93. The first-order chi connectivity index (χ1) is 21.8. The molecule has 0 radical (unpaired) electrons. The van der Waals surface area contributed by atoms with Crippen molar-refractivity contribution in [3.05, 3.63) is 180 Å². The first-order valence-electron chi connectivity index (χ1n) is 14.9. The second-order valence-electron chi connectivity index (χ2n) is 11.3. The summed E-state index contributed by atoms with van der Waals surface area (Å²) in [6.07, 6.45) is 3.56. The SMILES string of the molecule is c1ccc(C2(c3ccccc3)c3cc(-c4ccc5ccccc5c4)ccc3-n3c(-c4ncccn4)nc4cccc2c43)cc1. The predicted molar refractivity (Wildman–Crippen MR) is 177 cm³/mol. The average Bonchev–Trinajstić information content (AvgIpc) is 3.50. The van der Waals surface area contributed by atoms with Crippen LogP contribution in [0.3, 0.4) is 0 Å². The van der Waals surface area contributed by atoms with Gasteiger partial charge in [0.25, 0.3) is 0 Å². The summed E-state index contributed by atoms with van der Waals surface area (Å²) in [4.78, 5) is 14.4. The smallest absolute Gasteiger partial charge is 0.196 e. The lowest BCUT2D eigenvalue weighted by atomic mass is 9.63. The van der Waals surface area contributed by atoms with E-state index in [1.54, 1.807) is 12.4 Å². The van der Waals surface area contributed by atoms with Crippen molar-refractivity contribution in [3.8, 4) is 28.5 Å². The Kier molecular flexibility index (Phi) is 5.38. The summed E-state index contributed by atoms with van der Waals surface area (Å²) in [7, 11) is 0. The van der Waals surface area contributed by atoms with Crippen molar-refractivity contribution in [3.63, 3.8) is 0 Å². The van der Waals surface area contributed by atoms with E-state index in [0.29, 0.717) is 5.82 Å². The number of hydrogen-bond donors (Lipinski definition) is 0. The summed E-state index contributed by atoms with van der Waals surface area (Å²) in [6.45, 7) is 0. The molecule has 8 aromatic rings. The molecule has 0 aliphatic carbocycles. The van der Waals surface area contributed by atoms with E-state index in [2.05, 4.69) is 154 Å². The highest BCUT2D eigenvalue weighted by Gasteiger charge is 2.45. The summed E-state index contributed by atoms with van der Waals surface area (Å²) in [5, 5.41) is 2.46. The number of para-hydroxylation sites is 1. The van der Waals surface area contributed by atoms with Crippen LogP contribution in [0, 0.1) is 0 Å². The molecular formula is C40H26N4. The van der Waals surface area contributed by atoms with Gasteiger partial charge in [0, 0.05) is 12.4 Å². The molecule has 4 nitrogen and oxygen atoms in total. The fourth-order valence-corrected chi connectivity index (χ4v) is 7.12. The van der Waals surface area contributed by atoms with Gasteiger partial charge in [-0.1, -0.05) is 115 Å². The fraction of sp³-hybridized carbons (Fsp3) is 0.0250. The van der Waals surface area contributed by atoms with Gasteiger partial charge < -0.3 is 0 Å². The second-order valence-corrected chi connectivity index (χ2v) is 11.3. The molecule has 9 rings (SSSR count). The molecule has 3 heterocycles. The van der Waals surface area contributed by atoms with Crippen LogP contribution in [0.2, 0.25) is 0 Å². The van der Waals surface area contributed by atoms with Crippen molar-refractivity contribution in [1.29, 1.82) is 0 Å². The zero-order chi connectivity index (χ0) is 29.1. The van der Waals surface area contributed by atoms with Gasteiger partial charge >= 0.3 is 0 Å². The van der Waals surface area contributed by atoms with E-state index in [4.69, 9.17) is 4.98 Å². The third-order valence-electron chi connectivity index (χ3n) is 8.98. The highest BCUT2D eigenvalue weighted by Crippen LogP contribution is 2.54. The lowest BCUT2D eigenvalue weighted by Gasteiger charge is -2.41. The molecule has 206 valence electrons. The van der Waals surface area contributed by atoms with Gasteiger partial charge in [-0.3, -0.25) is 4.57 Å². The van der Waals surface area contributed by atoms with E-state index < -0.39 is 5.41 Å². The van der Waals surface area contributed by atoms with Crippen molar-refractivity contribution in [1.82, 2.24) is 19.5 Å². The molecule has 1 aliphatic rings. The van der Waals surface area contributed by atoms with Crippen molar-refractivity contribution in [2.75, 3.05) is 0 Å². The summed E-state index contributed by atoms with van der Waals surface area (Å²) in [5.74, 6) is 1.34. The largest absolute Gasteiger partial charge is 0.289 e. The Hall–Kier alpha value is -5.87. The van der Waals surface area contributed by atoms with Crippen LogP contribution in [0.1, 0.15) is 22.3 Å². The molecule has 0 saturated heterocycles. The van der Waals surface area contributed by atoms with Crippen LogP contribution in [0.15, 0.2) is 158 Å². The molecule has 44 heavy (non-hydrogen) atoms. The number of aromatic nitrogens is 4. The monoisotopic (exact) mass is 562 g/mol. The summed E-state index contributed by atoms with van der Waals surface area (Å²) in [6, 6.07) is 52.2. The molecule has 4 heteroatoms. The zero-order valence-electron chi connectivity index (χ0n) is 23.8. The molecule has 6 aromatic carbocycles. The topological polar surface area (TPSA) is 43.6 Å². The Labute approximate surface area is 255 Å². The van der Waals surface area contributed by atoms with Gasteiger partial charge in [-0.25, -0.2) is 15.0 Å². The minimum Gasteiger partial charge on any atom is -0.289 e. The molecule has 0 atom stereocenters. The lowest BCUT2D eigenvalue weighted by molar-refractivity contribution is 0.725. The fourth-order valence-electron chi connectivity index (χ4n) is 7.12. The van der Waals surface area contributed by atoms with E-state index in [1.807, 2.05) is 6.07 Å². The van der Waals surface area contributed by atoms with E-state index in [1.165, 1.54) is 44.2 Å². The molecule has 1 aliphatic heterocycles. The van der Waals surface area contributed by atoms with Crippen LogP contribution >= 0.6 is 0 Å². The number of hydrogen-bond acceptors (Lipinski definition) is 3. The zero-order valence-corrected chi connectivity index (χ0v) is 23.8. The van der Waals surface area contributed by atoms with E-state index >= 15 is 0 Å². The van der Waals surface area contributed by atoms with Crippen LogP contribution in [0.25, 0.3) is 50.3 Å². The maximum Gasteiger partial charge on any atom is 0.196 e. The second kappa shape index (κ2) is 9.58. The molecule has 0 bridgehead atoms. The third kappa shape index (κ3) is 3.48. The van der Waals surface area contributed by atoms with Crippen molar-refractivity contribution >= 4 is 21.8 Å². The van der Waals surface area contributed by atoms with E-state index in [-0.39, 0.29) is 0 Å². The van der Waals surface area contributed by atoms with Crippen LogP contribution in [-0.4, -0.2) is 19.5 Å². The summed E-state index contributed by atoms with van der Waals surface area (Å²) < 4.78 is 2.27. The summed E-state index contributed by atoms with van der Waals surface area (Å²) >= 11 is 0. The Morgan fingerprint density at radius 3 is 1.91 bits per heavy atom. The average molecular weight is 563 g/mol. The maximum absolute atomic E-state index is 5.16. The number of benzene rings is 6. The van der Waals surface area contributed by atoms with E-state index in [9.17, 15) is 0 Å². The first kappa shape index (κ1) is 24.7. The third-order valence-corrected chi connectivity index (χ3v) is 8.98. The number of imidazole rings is 1. The summed E-state index contributed by atoms with van der Waals surface area (Å²) in [5.41, 5.74) is 9.63. The normalized spacial score (nSPS) is 13.2. The molecule has 0 saturated carbocycles. The molecular weight excluding hydrogens is 536 g/mol. The van der Waals surface area contributed by atoms with Gasteiger partial charge in [0.05, 0.1) is 22.1 Å². The highest BCUT2D eigenvalue weighted by atomic mass is 15.1. The molecule has 0 fully saturated rings. The minimum absolute atomic E-state index is 0.588. The number of fused-ring (bicyclic) bond motifs is 3. The minimum atomic E-state index is -0.588. The number of nitrogens with zero attached hydrogens (tertiary/aromatic N) is 4. The maximum atomic E-state index is 5.16. The van der Waals surface area contributed by atoms with Crippen LogP contribution in [0.4, 0.5) is 0 Å². The van der Waals surface area contributed by atoms with Gasteiger partial charge in [0.2, 0.25) is 0 Å². The van der Waals surface area contributed by atoms with Gasteiger partial charge in [-0.05, 0) is 74.5 Å². The quantitative estimate of drug-likeness (QED) is 0.215.